The fraction of sp³-hybridized carbons (Fsp3) is 0.440. The molecular weight excluding hydrogens is 515 g/mol. The number of guanidine groups is 1. The Labute approximate surface area is 208 Å². The van der Waals surface area contributed by atoms with E-state index in [1.54, 1.807) is 0 Å². The second kappa shape index (κ2) is 13.3. The lowest BCUT2D eigenvalue weighted by Gasteiger charge is -2.13. The van der Waals surface area contributed by atoms with E-state index in [4.69, 9.17) is 9.73 Å². The van der Waals surface area contributed by atoms with Gasteiger partial charge in [0.25, 0.3) is 5.91 Å². The number of hydrogen-bond donors (Lipinski definition) is 3. The van der Waals surface area contributed by atoms with Crippen molar-refractivity contribution < 1.29 is 9.53 Å². The molecule has 1 unspecified atom stereocenters. The van der Waals surface area contributed by atoms with Crippen LogP contribution in [0.4, 0.5) is 0 Å². The molecule has 32 heavy (non-hydrogen) atoms. The molecule has 0 saturated heterocycles. The van der Waals surface area contributed by atoms with E-state index in [-0.39, 0.29) is 35.9 Å². The van der Waals surface area contributed by atoms with Crippen LogP contribution in [0.1, 0.15) is 54.2 Å². The Kier molecular flexibility index (Phi) is 10.8. The first kappa shape index (κ1) is 26.0. The normalized spacial score (nSPS) is 13.4. The van der Waals surface area contributed by atoms with Crippen molar-refractivity contribution in [1.29, 1.82) is 0 Å². The number of benzene rings is 2. The van der Waals surface area contributed by atoms with Gasteiger partial charge >= 0.3 is 0 Å². The molecule has 0 spiro atoms. The maximum Gasteiger partial charge on any atom is 0.251 e. The second-order valence-corrected chi connectivity index (χ2v) is 7.90. The number of nitrogens with zero attached hydrogens (tertiary/aromatic N) is 1. The van der Waals surface area contributed by atoms with Gasteiger partial charge in [-0.05, 0) is 61.6 Å². The third-order valence-corrected chi connectivity index (χ3v) is 5.40. The van der Waals surface area contributed by atoms with Gasteiger partial charge in [0.05, 0.1) is 13.2 Å². The molecule has 0 bridgehead atoms. The van der Waals surface area contributed by atoms with Crippen LogP contribution in [0, 0.1) is 0 Å². The largest absolute Gasteiger partial charge is 0.493 e. The first-order chi connectivity index (χ1) is 15.1. The van der Waals surface area contributed by atoms with Gasteiger partial charge < -0.3 is 20.7 Å². The van der Waals surface area contributed by atoms with E-state index in [2.05, 4.69) is 48.0 Å². The number of carbonyl (C=O) groups is 1. The Bertz CT molecular complexity index is 917. The van der Waals surface area contributed by atoms with E-state index in [0.717, 1.165) is 56.2 Å². The molecule has 7 heteroatoms. The first-order valence-electron chi connectivity index (χ1n) is 11.3. The molecule has 0 radical (unpaired) electrons. The molecule has 1 atom stereocenters. The quantitative estimate of drug-likeness (QED) is 0.250. The van der Waals surface area contributed by atoms with Gasteiger partial charge in [0.2, 0.25) is 0 Å². The number of hydrogen-bond acceptors (Lipinski definition) is 3. The fourth-order valence-electron chi connectivity index (χ4n) is 3.45. The summed E-state index contributed by atoms with van der Waals surface area (Å²) in [6, 6.07) is 14.3. The zero-order valence-electron chi connectivity index (χ0n) is 19.2. The summed E-state index contributed by atoms with van der Waals surface area (Å²) in [5, 5.41) is 9.71. The van der Waals surface area contributed by atoms with E-state index in [1.807, 2.05) is 31.2 Å². The lowest BCUT2D eigenvalue weighted by molar-refractivity contribution is 0.0939. The van der Waals surface area contributed by atoms with E-state index in [0.29, 0.717) is 12.1 Å². The molecule has 2 aromatic rings. The molecule has 1 heterocycles. The molecule has 3 rings (SSSR count). The molecule has 0 aromatic heterocycles. The van der Waals surface area contributed by atoms with E-state index >= 15 is 0 Å². The summed E-state index contributed by atoms with van der Waals surface area (Å²) in [4.78, 5) is 17.1. The molecule has 1 aliphatic rings. The van der Waals surface area contributed by atoms with Gasteiger partial charge in [-0.2, -0.15) is 0 Å². The van der Waals surface area contributed by atoms with Crippen LogP contribution in [-0.2, 0) is 19.4 Å². The minimum Gasteiger partial charge on any atom is -0.493 e. The highest BCUT2D eigenvalue weighted by atomic mass is 127. The third kappa shape index (κ3) is 7.69. The summed E-state index contributed by atoms with van der Waals surface area (Å²) >= 11 is 0. The standard InChI is InChI=1S/C25H34N4O2.HI/c1-4-18(3)29-24(30)22-8-6-7-20(16-22)17-28-25(26-5-2)27-13-11-19-9-10-23-21(15-19)12-14-31-23;/h6-10,15-16,18H,4-5,11-14,17H2,1-3H3,(H,29,30)(H2,26,27,28);1H. The molecule has 2 aromatic carbocycles. The number of aliphatic imine (C=N–C) groups is 1. The number of nitrogens with one attached hydrogen (secondary N) is 3. The summed E-state index contributed by atoms with van der Waals surface area (Å²) in [6.07, 6.45) is 2.82. The Morgan fingerprint density at radius 1 is 1.12 bits per heavy atom. The Hall–Kier alpha value is -2.29. The van der Waals surface area contributed by atoms with Crippen LogP contribution >= 0.6 is 24.0 Å². The highest BCUT2D eigenvalue weighted by Crippen LogP contribution is 2.25. The molecule has 0 fully saturated rings. The summed E-state index contributed by atoms with van der Waals surface area (Å²) in [5.41, 5.74) is 4.28. The van der Waals surface area contributed by atoms with Crippen molar-refractivity contribution in [3.8, 4) is 5.75 Å². The molecule has 1 aliphatic heterocycles. The molecule has 3 N–H and O–H groups in total. The summed E-state index contributed by atoms with van der Waals surface area (Å²) in [6.45, 7) is 9.01. The lowest BCUT2D eigenvalue weighted by atomic mass is 10.1. The Morgan fingerprint density at radius 2 is 1.97 bits per heavy atom. The van der Waals surface area contributed by atoms with Gasteiger partial charge in [-0.3, -0.25) is 4.79 Å². The average Bonchev–Trinajstić information content (AvgIpc) is 3.25. The van der Waals surface area contributed by atoms with Gasteiger partial charge in [0.1, 0.15) is 5.75 Å². The smallest absolute Gasteiger partial charge is 0.251 e. The minimum atomic E-state index is -0.0371. The maximum atomic E-state index is 12.4. The van der Waals surface area contributed by atoms with Crippen LogP contribution in [0.3, 0.4) is 0 Å². The van der Waals surface area contributed by atoms with Crippen LogP contribution in [0.25, 0.3) is 0 Å². The van der Waals surface area contributed by atoms with Crippen molar-refractivity contribution in [1.82, 2.24) is 16.0 Å². The number of ether oxygens (including phenoxy) is 1. The zero-order valence-corrected chi connectivity index (χ0v) is 21.6. The number of amides is 1. The van der Waals surface area contributed by atoms with Crippen molar-refractivity contribution in [2.45, 2.75) is 52.6 Å². The summed E-state index contributed by atoms with van der Waals surface area (Å²) < 4.78 is 5.58. The van der Waals surface area contributed by atoms with Crippen molar-refractivity contribution in [3.63, 3.8) is 0 Å². The van der Waals surface area contributed by atoms with E-state index in [9.17, 15) is 4.79 Å². The van der Waals surface area contributed by atoms with Crippen molar-refractivity contribution in [3.05, 3.63) is 64.7 Å². The summed E-state index contributed by atoms with van der Waals surface area (Å²) in [5.74, 6) is 1.76. The number of halogens is 1. The van der Waals surface area contributed by atoms with Gasteiger partial charge in [0, 0.05) is 31.1 Å². The Morgan fingerprint density at radius 3 is 2.75 bits per heavy atom. The van der Waals surface area contributed by atoms with Crippen LogP contribution in [0.15, 0.2) is 47.5 Å². The maximum absolute atomic E-state index is 12.4. The zero-order chi connectivity index (χ0) is 22.1. The minimum absolute atomic E-state index is 0. The number of carbonyl (C=O) groups excluding carboxylic acids is 1. The molecule has 174 valence electrons. The van der Waals surface area contributed by atoms with Gasteiger partial charge in [-0.25, -0.2) is 4.99 Å². The van der Waals surface area contributed by atoms with Gasteiger partial charge in [-0.1, -0.05) is 31.2 Å². The van der Waals surface area contributed by atoms with Crippen LogP contribution in [0.2, 0.25) is 0 Å². The number of rotatable bonds is 9. The Balaban J connectivity index is 0.00000363. The molecular formula is C25H35IN4O2. The highest BCUT2D eigenvalue weighted by Gasteiger charge is 2.12. The average molecular weight is 550 g/mol. The van der Waals surface area contributed by atoms with Crippen molar-refractivity contribution in [2.75, 3.05) is 19.7 Å². The first-order valence-corrected chi connectivity index (χ1v) is 11.3. The van der Waals surface area contributed by atoms with Gasteiger partial charge in [0.15, 0.2) is 5.96 Å². The van der Waals surface area contributed by atoms with Gasteiger partial charge in [-0.15, -0.1) is 24.0 Å². The SMILES string of the molecule is CCNC(=NCc1cccc(C(=O)NC(C)CC)c1)NCCc1ccc2c(c1)CCO2.I. The third-order valence-electron chi connectivity index (χ3n) is 5.40. The molecule has 0 aliphatic carbocycles. The van der Waals surface area contributed by atoms with Crippen LogP contribution < -0.4 is 20.7 Å². The second-order valence-electron chi connectivity index (χ2n) is 7.90. The predicted molar refractivity (Wildman–Crippen MR) is 141 cm³/mol. The molecule has 1 amide bonds. The van der Waals surface area contributed by atoms with Crippen LogP contribution in [0.5, 0.6) is 5.75 Å². The summed E-state index contributed by atoms with van der Waals surface area (Å²) in [7, 11) is 0. The number of fused-ring (bicyclic) bond motifs is 1. The monoisotopic (exact) mass is 550 g/mol. The fourth-order valence-corrected chi connectivity index (χ4v) is 3.45. The predicted octanol–water partition coefficient (Wildman–Crippen LogP) is 4.07. The lowest BCUT2D eigenvalue weighted by Crippen LogP contribution is -2.38. The molecule has 0 saturated carbocycles. The van der Waals surface area contributed by atoms with Crippen molar-refractivity contribution in [2.24, 2.45) is 4.99 Å². The van der Waals surface area contributed by atoms with Crippen molar-refractivity contribution >= 4 is 35.8 Å². The highest BCUT2D eigenvalue weighted by molar-refractivity contribution is 14.0. The van der Waals surface area contributed by atoms with E-state index in [1.165, 1.54) is 11.1 Å². The molecule has 6 nitrogen and oxygen atoms in total. The van der Waals surface area contributed by atoms with E-state index < -0.39 is 0 Å². The topological polar surface area (TPSA) is 74.8 Å². The van der Waals surface area contributed by atoms with Crippen LogP contribution in [-0.4, -0.2) is 37.6 Å².